The Morgan fingerprint density at radius 3 is 3.06 bits per heavy atom. The van der Waals surface area contributed by atoms with E-state index < -0.39 is 0 Å². The van der Waals surface area contributed by atoms with Gasteiger partial charge in [-0.1, -0.05) is 12.1 Å². The summed E-state index contributed by atoms with van der Waals surface area (Å²) in [6, 6.07) is 10.0. The van der Waals surface area contributed by atoms with Crippen molar-refractivity contribution in [3.8, 4) is 6.07 Å². The topological polar surface area (TPSA) is 57.9 Å². The Hall–Kier alpha value is -2.06. The highest BCUT2D eigenvalue weighted by atomic mass is 32.1. The Labute approximate surface area is 102 Å². The Morgan fingerprint density at radius 1 is 1.47 bits per heavy atom. The molecule has 4 nitrogen and oxygen atoms in total. The summed E-state index contributed by atoms with van der Waals surface area (Å²) in [4.78, 5) is 4.45. The molecule has 0 aliphatic carbocycles. The highest BCUT2D eigenvalue weighted by molar-refractivity contribution is 7.19. The number of benzene rings is 1. The highest BCUT2D eigenvalue weighted by Gasteiger charge is 2.18. The molecule has 2 aromatic rings. The maximum atomic E-state index is 9.20. The van der Waals surface area contributed by atoms with Gasteiger partial charge in [-0.15, -0.1) is 11.3 Å². The molecule has 1 aliphatic rings. The van der Waals surface area contributed by atoms with Gasteiger partial charge in [0.05, 0.1) is 16.8 Å². The first-order chi connectivity index (χ1) is 8.38. The van der Waals surface area contributed by atoms with E-state index in [1.165, 1.54) is 11.3 Å². The second-order valence-electron chi connectivity index (χ2n) is 3.58. The number of aromatic nitrogens is 1. The number of hydrogen-bond acceptors (Lipinski definition) is 5. The summed E-state index contributed by atoms with van der Waals surface area (Å²) >= 11 is 1.51. The Morgan fingerprint density at radius 2 is 2.35 bits per heavy atom. The summed E-state index contributed by atoms with van der Waals surface area (Å²) in [7, 11) is 0. The maximum absolute atomic E-state index is 9.20. The lowest BCUT2D eigenvalue weighted by Gasteiger charge is -1.99. The van der Waals surface area contributed by atoms with Crippen molar-refractivity contribution in [2.45, 2.75) is 0 Å². The fourth-order valence-electron chi connectivity index (χ4n) is 1.70. The molecule has 0 spiro atoms. The number of nitriles is 1. The van der Waals surface area contributed by atoms with Crippen molar-refractivity contribution in [1.29, 1.82) is 5.26 Å². The van der Waals surface area contributed by atoms with Crippen LogP contribution in [0, 0.1) is 11.3 Å². The Kier molecular flexibility index (Phi) is 2.42. The molecule has 0 atom stereocenters. The van der Waals surface area contributed by atoms with Crippen LogP contribution in [0.3, 0.4) is 0 Å². The predicted molar refractivity (Wildman–Crippen MR) is 66.1 cm³/mol. The van der Waals surface area contributed by atoms with Gasteiger partial charge in [-0.3, -0.25) is 0 Å². The van der Waals surface area contributed by atoms with Gasteiger partial charge >= 0.3 is 0 Å². The second kappa shape index (κ2) is 4.07. The third-order valence-electron chi connectivity index (χ3n) is 2.48. The molecule has 0 unspecified atom stereocenters. The van der Waals surface area contributed by atoms with Gasteiger partial charge in [0, 0.05) is 0 Å². The standard InChI is InChI=1S/C12H9N3OS/c13-7-8(11-14-5-6-16-11)12-15-9-3-1-2-4-10(9)17-12/h1-4,14H,5-6H2/b11-8+. The van der Waals surface area contributed by atoms with E-state index in [1.54, 1.807) is 0 Å². The number of para-hydroxylation sites is 1. The van der Waals surface area contributed by atoms with Gasteiger partial charge in [-0.25, -0.2) is 4.98 Å². The molecular formula is C12H9N3OS. The van der Waals surface area contributed by atoms with Crippen LogP contribution in [0.2, 0.25) is 0 Å². The van der Waals surface area contributed by atoms with Gasteiger partial charge in [0.15, 0.2) is 0 Å². The number of thiazole rings is 1. The van der Waals surface area contributed by atoms with E-state index in [-0.39, 0.29) is 0 Å². The normalized spacial score (nSPS) is 17.4. The lowest BCUT2D eigenvalue weighted by atomic mass is 10.3. The van der Waals surface area contributed by atoms with Crippen molar-refractivity contribution in [3.05, 3.63) is 35.2 Å². The van der Waals surface area contributed by atoms with E-state index in [4.69, 9.17) is 4.74 Å². The molecule has 1 fully saturated rings. The first-order valence-electron chi connectivity index (χ1n) is 5.25. The van der Waals surface area contributed by atoms with Gasteiger partial charge in [0.1, 0.15) is 23.3 Å². The summed E-state index contributed by atoms with van der Waals surface area (Å²) in [6.07, 6.45) is 0. The molecule has 0 bridgehead atoms. The quantitative estimate of drug-likeness (QED) is 0.779. The smallest absolute Gasteiger partial charge is 0.208 e. The summed E-state index contributed by atoms with van der Waals surface area (Å²) in [6.45, 7) is 1.34. The van der Waals surface area contributed by atoms with Gasteiger partial charge in [0.2, 0.25) is 5.88 Å². The Balaban J connectivity index is 2.14. The van der Waals surface area contributed by atoms with Crippen LogP contribution in [-0.2, 0) is 4.74 Å². The zero-order valence-corrected chi connectivity index (χ0v) is 9.75. The summed E-state index contributed by atoms with van der Waals surface area (Å²) in [5.41, 5.74) is 1.41. The van der Waals surface area contributed by atoms with Crippen LogP contribution in [0.1, 0.15) is 5.01 Å². The highest BCUT2D eigenvalue weighted by Crippen LogP contribution is 2.28. The first kappa shape index (κ1) is 10.1. The van der Waals surface area contributed by atoms with Crippen LogP contribution < -0.4 is 5.32 Å². The lowest BCUT2D eigenvalue weighted by molar-refractivity contribution is 0.268. The molecule has 0 amide bonds. The van der Waals surface area contributed by atoms with Crippen molar-refractivity contribution >= 4 is 27.1 Å². The van der Waals surface area contributed by atoms with Crippen LogP contribution in [0.5, 0.6) is 0 Å². The van der Waals surface area contributed by atoms with Crippen molar-refractivity contribution in [3.63, 3.8) is 0 Å². The van der Waals surface area contributed by atoms with Crippen molar-refractivity contribution in [2.24, 2.45) is 0 Å². The van der Waals surface area contributed by atoms with Gasteiger partial charge in [-0.05, 0) is 12.1 Å². The summed E-state index contributed by atoms with van der Waals surface area (Å²) < 4.78 is 6.45. The van der Waals surface area contributed by atoms with E-state index in [0.29, 0.717) is 23.1 Å². The number of ether oxygens (including phenoxy) is 1. The molecule has 17 heavy (non-hydrogen) atoms. The molecule has 3 rings (SSSR count). The number of hydrogen-bond donors (Lipinski definition) is 1. The second-order valence-corrected chi connectivity index (χ2v) is 4.61. The minimum atomic E-state index is 0.490. The van der Waals surface area contributed by atoms with Crippen LogP contribution in [-0.4, -0.2) is 18.1 Å². The zero-order chi connectivity index (χ0) is 11.7. The molecule has 84 valence electrons. The minimum absolute atomic E-state index is 0.490. The average Bonchev–Trinajstić information content (AvgIpc) is 2.98. The molecule has 0 saturated carbocycles. The third kappa shape index (κ3) is 1.73. The minimum Gasteiger partial charge on any atom is -0.476 e. The van der Waals surface area contributed by atoms with E-state index in [1.807, 2.05) is 24.3 Å². The van der Waals surface area contributed by atoms with Crippen LogP contribution >= 0.6 is 11.3 Å². The molecule has 1 aromatic carbocycles. The number of rotatable bonds is 1. The molecular weight excluding hydrogens is 234 g/mol. The Bertz CT molecular complexity index is 597. The fraction of sp³-hybridized carbons (Fsp3) is 0.167. The molecule has 5 heteroatoms. The zero-order valence-electron chi connectivity index (χ0n) is 8.93. The van der Waals surface area contributed by atoms with E-state index in [2.05, 4.69) is 16.4 Å². The van der Waals surface area contributed by atoms with Gasteiger partial charge in [0.25, 0.3) is 0 Å². The lowest BCUT2D eigenvalue weighted by Crippen LogP contribution is -2.06. The summed E-state index contributed by atoms with van der Waals surface area (Å²) in [5.74, 6) is 0.548. The average molecular weight is 243 g/mol. The van der Waals surface area contributed by atoms with Crippen molar-refractivity contribution < 1.29 is 4.74 Å². The van der Waals surface area contributed by atoms with Crippen molar-refractivity contribution in [2.75, 3.05) is 13.2 Å². The predicted octanol–water partition coefficient (Wildman–Crippen LogP) is 2.11. The van der Waals surface area contributed by atoms with E-state index >= 15 is 0 Å². The van der Waals surface area contributed by atoms with Crippen LogP contribution in [0.4, 0.5) is 0 Å². The van der Waals surface area contributed by atoms with Gasteiger partial charge < -0.3 is 10.1 Å². The number of nitrogens with zero attached hydrogens (tertiary/aromatic N) is 2. The monoisotopic (exact) mass is 243 g/mol. The number of allylic oxidation sites excluding steroid dienone is 1. The largest absolute Gasteiger partial charge is 0.476 e. The maximum Gasteiger partial charge on any atom is 0.208 e. The van der Waals surface area contributed by atoms with Crippen LogP contribution in [0.25, 0.3) is 15.8 Å². The summed E-state index contributed by atoms with van der Waals surface area (Å²) in [5, 5.41) is 13.0. The number of nitrogens with one attached hydrogen (secondary N) is 1. The van der Waals surface area contributed by atoms with Crippen molar-refractivity contribution in [1.82, 2.24) is 10.3 Å². The molecule has 1 aliphatic heterocycles. The third-order valence-corrected chi connectivity index (χ3v) is 3.53. The SMILES string of the molecule is N#C/C(=C1/NCCO1)c1nc2ccccc2s1. The molecule has 1 N–H and O–H groups in total. The molecule has 2 heterocycles. The van der Waals surface area contributed by atoms with Gasteiger partial charge in [-0.2, -0.15) is 5.26 Å². The fourth-order valence-corrected chi connectivity index (χ4v) is 2.66. The van der Waals surface area contributed by atoms with E-state index in [9.17, 15) is 5.26 Å². The first-order valence-corrected chi connectivity index (χ1v) is 6.07. The molecule has 1 aromatic heterocycles. The van der Waals surface area contributed by atoms with E-state index in [0.717, 1.165) is 16.8 Å². The van der Waals surface area contributed by atoms with Crippen LogP contribution in [0.15, 0.2) is 30.1 Å². The number of fused-ring (bicyclic) bond motifs is 1. The molecule has 1 saturated heterocycles. The molecule has 0 radical (unpaired) electrons.